The van der Waals surface area contributed by atoms with Crippen LogP contribution in [-0.2, 0) is 11.3 Å². The number of primary amides is 1. The van der Waals surface area contributed by atoms with E-state index in [9.17, 15) is 4.79 Å². The number of ether oxygens (including phenoxy) is 3. The quantitative estimate of drug-likeness (QED) is 0.891. The third-order valence-electron chi connectivity index (χ3n) is 4.40. The number of benzene rings is 2. The molecule has 2 aromatic rings. The van der Waals surface area contributed by atoms with E-state index < -0.39 is 12.4 Å². The second kappa shape index (κ2) is 6.27. The number of carbonyl (C=O) groups is 1. The molecule has 2 heterocycles. The molecule has 0 spiro atoms. The van der Waals surface area contributed by atoms with Crippen LogP contribution in [0.4, 0.5) is 10.5 Å². The summed E-state index contributed by atoms with van der Waals surface area (Å²) in [5.41, 5.74) is 8.08. The Hall–Kier alpha value is -2.77. The van der Waals surface area contributed by atoms with E-state index in [4.69, 9.17) is 19.9 Å². The number of rotatable bonds is 3. The number of nitrogens with zero attached hydrogens (tertiary/aromatic N) is 1. The van der Waals surface area contributed by atoms with Gasteiger partial charge in [0, 0.05) is 5.56 Å². The van der Waals surface area contributed by atoms with E-state index in [1.54, 1.807) is 25.3 Å². The van der Waals surface area contributed by atoms with Gasteiger partial charge in [0.15, 0.2) is 6.35 Å². The fourth-order valence-electron chi connectivity index (χ4n) is 3.27. The van der Waals surface area contributed by atoms with E-state index in [0.717, 1.165) is 22.6 Å². The first kappa shape index (κ1) is 15.7. The Morgan fingerprint density at radius 3 is 3.12 bits per heavy atom. The average molecular weight is 340 g/mol. The van der Waals surface area contributed by atoms with Gasteiger partial charge in [-0.3, -0.25) is 10.2 Å². The zero-order valence-corrected chi connectivity index (χ0v) is 13.7. The fraction of sp³-hybridized carbons (Fsp3) is 0.278. The molecule has 7 nitrogen and oxygen atoms in total. The maximum atomic E-state index is 12.0. The minimum Gasteiger partial charge on any atom is -0.496 e. The minimum atomic E-state index is -0.697. The maximum absolute atomic E-state index is 12.0. The molecule has 4 rings (SSSR count). The van der Waals surface area contributed by atoms with Crippen LogP contribution in [0.1, 0.15) is 17.2 Å². The van der Waals surface area contributed by atoms with Gasteiger partial charge in [-0.05, 0) is 30.3 Å². The lowest BCUT2D eigenvalue weighted by atomic mass is 10.1. The molecule has 2 aliphatic rings. The summed E-state index contributed by atoms with van der Waals surface area (Å²) in [7, 11) is 1.62. The zero-order valence-electron chi connectivity index (χ0n) is 13.7. The smallest absolute Gasteiger partial charge is 0.322 e. The van der Waals surface area contributed by atoms with Crippen molar-refractivity contribution in [3.8, 4) is 11.5 Å². The summed E-state index contributed by atoms with van der Waals surface area (Å²) in [6.07, 6.45) is -0.697. The second-order valence-electron chi connectivity index (χ2n) is 5.83. The van der Waals surface area contributed by atoms with E-state index in [-0.39, 0.29) is 6.04 Å². The van der Waals surface area contributed by atoms with E-state index >= 15 is 0 Å². The first-order valence-corrected chi connectivity index (χ1v) is 7.94. The first-order chi connectivity index (χ1) is 12.2. The molecule has 2 aromatic carbocycles. The van der Waals surface area contributed by atoms with Crippen molar-refractivity contribution in [2.24, 2.45) is 5.73 Å². The van der Waals surface area contributed by atoms with Crippen molar-refractivity contribution in [3.05, 3.63) is 53.6 Å². The van der Waals surface area contributed by atoms with Crippen LogP contribution in [0.25, 0.3) is 0 Å². The summed E-state index contributed by atoms with van der Waals surface area (Å²) >= 11 is 0. The molecule has 0 aromatic heterocycles. The largest absolute Gasteiger partial charge is 0.496 e. The van der Waals surface area contributed by atoms with Crippen LogP contribution < -0.4 is 25.4 Å². The van der Waals surface area contributed by atoms with Gasteiger partial charge in [0.25, 0.3) is 0 Å². The van der Waals surface area contributed by atoms with Gasteiger partial charge in [0.1, 0.15) is 18.1 Å². The van der Waals surface area contributed by atoms with Crippen molar-refractivity contribution in [1.29, 1.82) is 0 Å². The number of fused-ring (bicyclic) bond motifs is 2. The molecule has 0 aliphatic carbocycles. The van der Waals surface area contributed by atoms with Gasteiger partial charge in [-0.15, -0.1) is 0 Å². The summed E-state index contributed by atoms with van der Waals surface area (Å²) < 4.78 is 17.0. The highest BCUT2D eigenvalue weighted by Crippen LogP contribution is 2.40. The summed E-state index contributed by atoms with van der Waals surface area (Å²) in [5.74, 6) is 1.48. The van der Waals surface area contributed by atoms with Gasteiger partial charge >= 0.3 is 6.03 Å². The summed E-state index contributed by atoms with van der Waals surface area (Å²) in [5, 5.41) is 3.31. The zero-order chi connectivity index (χ0) is 17.4. The molecule has 0 bridgehead atoms. The van der Waals surface area contributed by atoms with Crippen LogP contribution in [0, 0.1) is 6.07 Å². The molecule has 0 fully saturated rings. The lowest BCUT2D eigenvalue weighted by Crippen LogP contribution is -2.55. The number of carbonyl (C=O) groups excluding carboxylic acids is 1. The predicted octanol–water partition coefficient (Wildman–Crippen LogP) is 1.92. The second-order valence-corrected chi connectivity index (χ2v) is 5.83. The number of amides is 2. The Labute approximate surface area is 145 Å². The van der Waals surface area contributed by atoms with Crippen molar-refractivity contribution in [3.63, 3.8) is 0 Å². The van der Waals surface area contributed by atoms with Gasteiger partial charge in [0.2, 0.25) is 0 Å². The molecule has 2 aliphatic heterocycles. The lowest BCUT2D eigenvalue weighted by Gasteiger charge is -2.37. The van der Waals surface area contributed by atoms with Crippen LogP contribution >= 0.6 is 0 Å². The van der Waals surface area contributed by atoms with Crippen LogP contribution in [0.5, 0.6) is 11.5 Å². The Bertz CT molecular complexity index is 811. The van der Waals surface area contributed by atoms with Crippen molar-refractivity contribution < 1.29 is 19.0 Å². The third kappa shape index (κ3) is 2.67. The first-order valence-electron chi connectivity index (χ1n) is 7.94. The number of urea groups is 1. The molecule has 2 atom stereocenters. The van der Waals surface area contributed by atoms with E-state index in [2.05, 4.69) is 11.4 Å². The summed E-state index contributed by atoms with van der Waals surface area (Å²) in [6, 6.07) is 13.2. The van der Waals surface area contributed by atoms with Crippen LogP contribution in [0.15, 0.2) is 36.4 Å². The Kier molecular flexibility index (Phi) is 3.95. The standard InChI is InChI=1S/C18H18N3O4/c1-23-14-7-4-8-15-16(14)12(10-24-15)20-18-21(17(19)22)13-6-3-2-5-11(13)9-25-18/h3-8,12,18,20H,9-10H2,1H3,(H2,19,22). The summed E-state index contributed by atoms with van der Waals surface area (Å²) in [4.78, 5) is 13.4. The molecule has 25 heavy (non-hydrogen) atoms. The number of hydrogen-bond acceptors (Lipinski definition) is 5. The molecule has 7 heteroatoms. The molecular weight excluding hydrogens is 322 g/mol. The number of methoxy groups -OCH3 is 1. The van der Waals surface area contributed by atoms with Crippen LogP contribution in [0.2, 0.25) is 0 Å². The van der Waals surface area contributed by atoms with Crippen LogP contribution in [-0.4, -0.2) is 26.1 Å². The van der Waals surface area contributed by atoms with Gasteiger partial charge in [-0.1, -0.05) is 12.1 Å². The van der Waals surface area contributed by atoms with Crippen molar-refractivity contribution in [1.82, 2.24) is 5.32 Å². The average Bonchev–Trinajstić information content (AvgIpc) is 3.04. The SMILES string of the molecule is COc1cccc2c1C(NC1OCc3c[c]ccc3N1C(N)=O)CO2. The number of nitrogens with one attached hydrogen (secondary N) is 1. The Balaban J connectivity index is 1.64. The van der Waals surface area contributed by atoms with Gasteiger partial charge < -0.3 is 19.9 Å². The van der Waals surface area contributed by atoms with Crippen molar-refractivity contribution >= 4 is 11.7 Å². The van der Waals surface area contributed by atoms with Crippen LogP contribution in [0.3, 0.4) is 0 Å². The topological polar surface area (TPSA) is 86.0 Å². The fourth-order valence-corrected chi connectivity index (χ4v) is 3.27. The number of hydrogen-bond donors (Lipinski definition) is 2. The van der Waals surface area contributed by atoms with Crippen molar-refractivity contribution in [2.45, 2.75) is 19.0 Å². The number of anilines is 1. The molecule has 0 saturated carbocycles. The maximum Gasteiger partial charge on any atom is 0.322 e. The Morgan fingerprint density at radius 1 is 1.44 bits per heavy atom. The highest BCUT2D eigenvalue weighted by Gasteiger charge is 2.36. The minimum absolute atomic E-state index is 0.185. The number of nitrogens with two attached hydrogens (primary N) is 1. The monoisotopic (exact) mass is 340 g/mol. The van der Waals surface area contributed by atoms with E-state index in [1.807, 2.05) is 18.2 Å². The molecule has 129 valence electrons. The molecule has 1 radical (unpaired) electrons. The lowest BCUT2D eigenvalue weighted by molar-refractivity contribution is 0.00244. The molecule has 2 amide bonds. The normalized spacial score (nSPS) is 21.2. The highest BCUT2D eigenvalue weighted by molar-refractivity contribution is 5.92. The summed E-state index contributed by atoms with van der Waals surface area (Å²) in [6.45, 7) is 0.776. The Morgan fingerprint density at radius 2 is 2.32 bits per heavy atom. The third-order valence-corrected chi connectivity index (χ3v) is 4.40. The molecule has 2 unspecified atom stereocenters. The molecule has 0 saturated heterocycles. The van der Waals surface area contributed by atoms with E-state index in [0.29, 0.717) is 18.9 Å². The van der Waals surface area contributed by atoms with E-state index in [1.165, 1.54) is 4.90 Å². The predicted molar refractivity (Wildman–Crippen MR) is 90.3 cm³/mol. The molecular formula is C18H18N3O4. The van der Waals surface area contributed by atoms with Gasteiger partial charge in [0.05, 0.1) is 31.0 Å². The van der Waals surface area contributed by atoms with Gasteiger partial charge in [-0.25, -0.2) is 4.79 Å². The molecule has 3 N–H and O–H groups in total. The van der Waals surface area contributed by atoms with Crippen molar-refractivity contribution in [2.75, 3.05) is 18.6 Å². The van der Waals surface area contributed by atoms with Gasteiger partial charge in [-0.2, -0.15) is 0 Å². The highest BCUT2D eigenvalue weighted by atomic mass is 16.5.